The predicted octanol–water partition coefficient (Wildman–Crippen LogP) is 3.20. The lowest BCUT2D eigenvalue weighted by Crippen LogP contribution is -2.33. The largest absolute Gasteiger partial charge is 0.493 e. The van der Waals surface area contributed by atoms with Gasteiger partial charge >= 0.3 is 0 Å². The maximum Gasteiger partial charge on any atom is 0.231 e. The van der Waals surface area contributed by atoms with E-state index in [0.29, 0.717) is 6.79 Å². The molecular weight excluding hydrogens is 318 g/mol. The van der Waals surface area contributed by atoms with Crippen LogP contribution in [-0.2, 0) is 12.8 Å². The first-order valence-corrected chi connectivity index (χ1v) is 8.53. The highest BCUT2D eigenvalue weighted by atomic mass is 16.7. The molecule has 25 heavy (non-hydrogen) atoms. The number of ether oxygens (including phenoxy) is 4. The van der Waals surface area contributed by atoms with Crippen LogP contribution >= 0.6 is 0 Å². The lowest BCUT2D eigenvalue weighted by atomic mass is 9.88. The maximum absolute atomic E-state index is 5.69. The number of fused-ring (bicyclic) bond motifs is 2. The maximum atomic E-state index is 5.69. The first-order valence-electron chi connectivity index (χ1n) is 8.53. The normalized spacial score (nSPS) is 18.8. The zero-order valence-corrected chi connectivity index (χ0v) is 14.9. The molecule has 2 aromatic carbocycles. The van der Waals surface area contributed by atoms with Gasteiger partial charge < -0.3 is 18.9 Å². The zero-order valence-electron chi connectivity index (χ0n) is 14.9. The van der Waals surface area contributed by atoms with E-state index in [-0.39, 0.29) is 6.04 Å². The van der Waals surface area contributed by atoms with Gasteiger partial charge in [0.1, 0.15) is 0 Å². The molecule has 0 radical (unpaired) electrons. The van der Waals surface area contributed by atoms with E-state index in [1.54, 1.807) is 14.2 Å². The highest BCUT2D eigenvalue weighted by molar-refractivity contribution is 5.52. The second kappa shape index (κ2) is 6.48. The molecule has 0 saturated carbocycles. The molecule has 4 rings (SSSR count). The van der Waals surface area contributed by atoms with Crippen molar-refractivity contribution in [2.75, 3.05) is 34.6 Å². The number of rotatable bonds is 4. The lowest BCUT2D eigenvalue weighted by Gasteiger charge is -2.35. The third kappa shape index (κ3) is 2.78. The van der Waals surface area contributed by atoms with Crippen molar-refractivity contribution in [3.05, 3.63) is 47.0 Å². The van der Waals surface area contributed by atoms with E-state index in [9.17, 15) is 0 Å². The van der Waals surface area contributed by atoms with Gasteiger partial charge in [0.15, 0.2) is 23.0 Å². The Morgan fingerprint density at radius 1 is 1.12 bits per heavy atom. The molecule has 2 aromatic rings. The van der Waals surface area contributed by atoms with Gasteiger partial charge in [-0.05, 0) is 49.2 Å². The van der Waals surface area contributed by atoms with Gasteiger partial charge in [0.05, 0.1) is 14.2 Å². The molecule has 132 valence electrons. The van der Waals surface area contributed by atoms with Crippen LogP contribution < -0.4 is 18.9 Å². The van der Waals surface area contributed by atoms with Crippen molar-refractivity contribution in [3.63, 3.8) is 0 Å². The number of methoxy groups -OCH3 is 2. The second-order valence-electron chi connectivity index (χ2n) is 6.51. The molecule has 5 nitrogen and oxygen atoms in total. The topological polar surface area (TPSA) is 40.2 Å². The number of hydrogen-bond donors (Lipinski definition) is 0. The van der Waals surface area contributed by atoms with Crippen molar-refractivity contribution in [3.8, 4) is 23.0 Å². The van der Waals surface area contributed by atoms with E-state index in [4.69, 9.17) is 18.9 Å². The van der Waals surface area contributed by atoms with Crippen LogP contribution in [0, 0.1) is 0 Å². The summed E-state index contributed by atoms with van der Waals surface area (Å²) in [7, 11) is 5.53. The monoisotopic (exact) mass is 341 g/mol. The Morgan fingerprint density at radius 3 is 2.72 bits per heavy atom. The molecule has 2 aliphatic heterocycles. The summed E-state index contributed by atoms with van der Waals surface area (Å²) in [6.07, 6.45) is 1.88. The van der Waals surface area contributed by atoms with E-state index in [1.807, 2.05) is 12.1 Å². The van der Waals surface area contributed by atoms with Crippen LogP contribution in [0.1, 0.15) is 22.7 Å². The molecule has 0 aromatic heterocycles. The van der Waals surface area contributed by atoms with Gasteiger partial charge in [-0.25, -0.2) is 0 Å². The first kappa shape index (κ1) is 16.1. The summed E-state index contributed by atoms with van der Waals surface area (Å²) in [5, 5.41) is 0. The molecule has 1 atom stereocenters. The summed E-state index contributed by atoms with van der Waals surface area (Å²) in [6.45, 7) is 1.31. The van der Waals surface area contributed by atoms with E-state index in [1.165, 1.54) is 16.7 Å². The van der Waals surface area contributed by atoms with Crippen molar-refractivity contribution < 1.29 is 18.9 Å². The smallest absolute Gasteiger partial charge is 0.231 e. The van der Waals surface area contributed by atoms with Crippen molar-refractivity contribution in [1.29, 1.82) is 0 Å². The first-order chi connectivity index (χ1) is 12.2. The summed E-state index contributed by atoms with van der Waals surface area (Å²) in [6, 6.07) is 10.6. The Kier molecular flexibility index (Phi) is 4.17. The molecule has 0 N–H and O–H groups in total. The fourth-order valence-corrected chi connectivity index (χ4v) is 3.78. The quantitative estimate of drug-likeness (QED) is 0.854. The minimum Gasteiger partial charge on any atom is -0.493 e. The third-order valence-corrected chi connectivity index (χ3v) is 5.16. The highest BCUT2D eigenvalue weighted by Gasteiger charge is 2.29. The van der Waals surface area contributed by atoms with Gasteiger partial charge in [0, 0.05) is 18.2 Å². The van der Waals surface area contributed by atoms with Crippen LogP contribution in [0.4, 0.5) is 0 Å². The highest BCUT2D eigenvalue weighted by Crippen LogP contribution is 2.42. The van der Waals surface area contributed by atoms with Crippen LogP contribution in [0.2, 0.25) is 0 Å². The number of hydrogen-bond acceptors (Lipinski definition) is 5. The molecule has 5 heteroatoms. The van der Waals surface area contributed by atoms with Gasteiger partial charge in [0.2, 0.25) is 6.79 Å². The standard InChI is InChI=1S/C20H23NO4/c1-21-8-7-13-10-18(22-2)19(23-3)11-15(13)16(21)9-14-5-4-6-17-20(14)25-12-24-17/h4-6,10-11,16H,7-9,12H2,1-3H3. The fraction of sp³-hybridized carbons (Fsp3) is 0.400. The fourth-order valence-electron chi connectivity index (χ4n) is 3.78. The molecule has 2 aliphatic rings. The number of nitrogens with zero attached hydrogens (tertiary/aromatic N) is 1. The predicted molar refractivity (Wildman–Crippen MR) is 94.9 cm³/mol. The van der Waals surface area contributed by atoms with Crippen molar-refractivity contribution >= 4 is 0 Å². The van der Waals surface area contributed by atoms with E-state index < -0.39 is 0 Å². The summed E-state index contributed by atoms with van der Waals surface area (Å²) >= 11 is 0. The minimum atomic E-state index is 0.263. The molecular formula is C20H23NO4. The Balaban J connectivity index is 1.72. The number of para-hydroxylation sites is 1. The number of benzene rings is 2. The van der Waals surface area contributed by atoms with Crippen LogP contribution in [0.3, 0.4) is 0 Å². The summed E-state index contributed by atoms with van der Waals surface area (Å²) in [5.41, 5.74) is 3.79. The van der Waals surface area contributed by atoms with Gasteiger partial charge in [-0.2, -0.15) is 0 Å². The van der Waals surface area contributed by atoms with E-state index in [0.717, 1.165) is 42.4 Å². The van der Waals surface area contributed by atoms with E-state index >= 15 is 0 Å². The second-order valence-corrected chi connectivity index (χ2v) is 6.51. The zero-order chi connectivity index (χ0) is 17.4. The summed E-state index contributed by atoms with van der Waals surface area (Å²) < 4.78 is 22.2. The molecule has 1 unspecified atom stereocenters. The van der Waals surface area contributed by atoms with Crippen LogP contribution in [0.5, 0.6) is 23.0 Å². The Bertz CT molecular complexity index is 790. The summed E-state index contributed by atoms with van der Waals surface area (Å²) in [5.74, 6) is 3.29. The Labute approximate surface area is 148 Å². The summed E-state index contributed by atoms with van der Waals surface area (Å²) in [4.78, 5) is 2.39. The van der Waals surface area contributed by atoms with Gasteiger partial charge in [-0.3, -0.25) is 4.90 Å². The molecule has 0 saturated heterocycles. The molecule has 0 fully saturated rings. The minimum absolute atomic E-state index is 0.263. The van der Waals surface area contributed by atoms with Crippen LogP contribution in [-0.4, -0.2) is 39.5 Å². The molecule has 2 heterocycles. The Morgan fingerprint density at radius 2 is 1.92 bits per heavy atom. The molecule has 0 spiro atoms. The SMILES string of the molecule is COc1cc2c(cc1OC)C(Cc1cccc3c1OCO3)N(C)CC2. The third-order valence-electron chi connectivity index (χ3n) is 5.16. The molecule has 0 amide bonds. The van der Waals surface area contributed by atoms with Crippen molar-refractivity contribution in [2.24, 2.45) is 0 Å². The molecule has 0 bridgehead atoms. The van der Waals surface area contributed by atoms with Gasteiger partial charge in [-0.1, -0.05) is 12.1 Å². The Hall–Kier alpha value is -2.40. The van der Waals surface area contributed by atoms with Crippen molar-refractivity contribution in [1.82, 2.24) is 4.90 Å². The average Bonchev–Trinajstić information content (AvgIpc) is 3.12. The van der Waals surface area contributed by atoms with E-state index in [2.05, 4.69) is 30.1 Å². The molecule has 0 aliphatic carbocycles. The lowest BCUT2D eigenvalue weighted by molar-refractivity contribution is 0.172. The van der Waals surface area contributed by atoms with Gasteiger partial charge in [-0.15, -0.1) is 0 Å². The number of likely N-dealkylation sites (N-methyl/N-ethyl adjacent to an activating group) is 1. The van der Waals surface area contributed by atoms with Gasteiger partial charge in [0.25, 0.3) is 0 Å². The van der Waals surface area contributed by atoms with Crippen molar-refractivity contribution in [2.45, 2.75) is 18.9 Å². The van der Waals surface area contributed by atoms with Crippen LogP contribution in [0.25, 0.3) is 0 Å². The average molecular weight is 341 g/mol. The van der Waals surface area contributed by atoms with Crippen LogP contribution in [0.15, 0.2) is 30.3 Å².